The van der Waals surface area contributed by atoms with Gasteiger partial charge in [-0.05, 0) is 53.3 Å². The molecule has 0 unspecified atom stereocenters. The highest BCUT2D eigenvalue weighted by Gasteiger charge is 2.16. The third-order valence-electron chi connectivity index (χ3n) is 6.15. The lowest BCUT2D eigenvalue weighted by atomic mass is 9.87. The van der Waals surface area contributed by atoms with Crippen LogP contribution in [0.25, 0.3) is 0 Å². The molecule has 0 atom stereocenters. The van der Waals surface area contributed by atoms with Crippen LogP contribution in [0.2, 0.25) is 0 Å². The topological polar surface area (TPSA) is 65.1 Å². The van der Waals surface area contributed by atoms with E-state index in [0.29, 0.717) is 43.2 Å². The summed E-state index contributed by atoms with van der Waals surface area (Å²) < 4.78 is 16.4. The second kappa shape index (κ2) is 12.9. The zero-order valence-corrected chi connectivity index (χ0v) is 22.5. The highest BCUT2D eigenvalue weighted by molar-refractivity contribution is 5.92. The van der Waals surface area contributed by atoms with Gasteiger partial charge >= 0.3 is 5.97 Å². The van der Waals surface area contributed by atoms with E-state index in [1.807, 2.05) is 37.3 Å². The van der Waals surface area contributed by atoms with Gasteiger partial charge in [-0.25, -0.2) is 4.79 Å². The van der Waals surface area contributed by atoms with E-state index in [-0.39, 0.29) is 17.9 Å². The van der Waals surface area contributed by atoms with Crippen molar-refractivity contribution in [2.24, 2.45) is 0 Å². The molecule has 0 saturated carbocycles. The van der Waals surface area contributed by atoms with Crippen molar-refractivity contribution in [3.63, 3.8) is 0 Å². The van der Waals surface area contributed by atoms with Crippen molar-refractivity contribution in [3.05, 3.63) is 95.1 Å². The number of hydrogen-bond donors (Lipinski definition) is 0. The van der Waals surface area contributed by atoms with Gasteiger partial charge in [0.2, 0.25) is 0 Å². The molecule has 37 heavy (non-hydrogen) atoms. The molecule has 196 valence electrons. The van der Waals surface area contributed by atoms with Crippen molar-refractivity contribution in [1.82, 2.24) is 4.90 Å². The molecule has 0 radical (unpaired) electrons. The number of esters is 1. The van der Waals surface area contributed by atoms with Gasteiger partial charge in [0.15, 0.2) is 6.61 Å². The number of para-hydroxylation sites is 1. The van der Waals surface area contributed by atoms with Crippen LogP contribution in [-0.2, 0) is 27.9 Å². The Hall–Kier alpha value is -3.80. The quantitative estimate of drug-likeness (QED) is 0.309. The Kier molecular flexibility index (Phi) is 9.72. The molecule has 0 aromatic heterocycles. The average molecular weight is 504 g/mol. The van der Waals surface area contributed by atoms with E-state index in [4.69, 9.17) is 14.2 Å². The standard InChI is InChI=1S/C31H37NO5/c1-6-32(21-24-11-15-25(16-12-24)31(2,3)4)29(33)22-37-26-17-13-23(14-18-26)19-20-36-28-10-8-7-9-27(28)30(34)35-5/h7-18H,6,19-22H2,1-5H3. The SMILES string of the molecule is CCN(Cc1ccc(C(C)(C)C)cc1)C(=O)COc1ccc(CCOc2ccccc2C(=O)OC)cc1. The number of ether oxygens (including phenoxy) is 3. The van der Waals surface area contributed by atoms with Gasteiger partial charge in [-0.15, -0.1) is 0 Å². The van der Waals surface area contributed by atoms with Gasteiger partial charge in [-0.2, -0.15) is 0 Å². The number of likely N-dealkylation sites (N-methyl/N-ethyl adjacent to an activating group) is 1. The maximum absolute atomic E-state index is 12.8. The van der Waals surface area contributed by atoms with Crippen LogP contribution in [0.15, 0.2) is 72.8 Å². The van der Waals surface area contributed by atoms with Crippen LogP contribution < -0.4 is 9.47 Å². The van der Waals surface area contributed by atoms with Gasteiger partial charge in [0.1, 0.15) is 17.1 Å². The van der Waals surface area contributed by atoms with Crippen molar-refractivity contribution in [3.8, 4) is 11.5 Å². The van der Waals surface area contributed by atoms with Gasteiger partial charge in [0.25, 0.3) is 5.91 Å². The Labute approximate surface area is 220 Å². The van der Waals surface area contributed by atoms with Gasteiger partial charge in [0, 0.05) is 19.5 Å². The Morgan fingerprint density at radius 1 is 0.838 bits per heavy atom. The normalized spacial score (nSPS) is 11.1. The number of amides is 1. The van der Waals surface area contributed by atoms with E-state index in [1.54, 1.807) is 23.1 Å². The monoisotopic (exact) mass is 503 g/mol. The summed E-state index contributed by atoms with van der Waals surface area (Å²) in [6.07, 6.45) is 0.659. The Bertz CT molecular complexity index is 1160. The van der Waals surface area contributed by atoms with Crippen LogP contribution in [0.1, 0.15) is 54.7 Å². The predicted octanol–water partition coefficient (Wildman–Crippen LogP) is 5.82. The molecule has 3 aromatic rings. The average Bonchev–Trinajstić information content (AvgIpc) is 2.90. The third kappa shape index (κ3) is 8.10. The van der Waals surface area contributed by atoms with Crippen LogP contribution in [0.5, 0.6) is 11.5 Å². The molecular weight excluding hydrogens is 466 g/mol. The number of methoxy groups -OCH3 is 1. The fourth-order valence-electron chi connectivity index (χ4n) is 3.85. The molecule has 0 N–H and O–H groups in total. The Morgan fingerprint density at radius 2 is 1.49 bits per heavy atom. The van der Waals surface area contributed by atoms with E-state index in [9.17, 15) is 9.59 Å². The van der Waals surface area contributed by atoms with E-state index < -0.39 is 5.97 Å². The molecule has 3 aromatic carbocycles. The fraction of sp³-hybridized carbons (Fsp3) is 0.355. The molecule has 0 fully saturated rings. The minimum absolute atomic E-state index is 0.0132. The number of carbonyl (C=O) groups excluding carboxylic acids is 2. The van der Waals surface area contributed by atoms with Crippen molar-refractivity contribution in [1.29, 1.82) is 0 Å². The largest absolute Gasteiger partial charge is 0.492 e. The third-order valence-corrected chi connectivity index (χ3v) is 6.15. The molecule has 6 heteroatoms. The zero-order chi connectivity index (χ0) is 26.8. The molecule has 0 spiro atoms. The molecule has 0 bridgehead atoms. The first-order valence-electron chi connectivity index (χ1n) is 12.6. The van der Waals surface area contributed by atoms with Crippen molar-refractivity contribution >= 4 is 11.9 Å². The van der Waals surface area contributed by atoms with Crippen LogP contribution >= 0.6 is 0 Å². The summed E-state index contributed by atoms with van der Waals surface area (Å²) in [4.78, 5) is 26.4. The summed E-state index contributed by atoms with van der Waals surface area (Å²) in [5.74, 6) is 0.661. The second-order valence-corrected chi connectivity index (χ2v) is 9.87. The second-order valence-electron chi connectivity index (χ2n) is 9.87. The Balaban J connectivity index is 1.47. The number of carbonyl (C=O) groups is 2. The fourth-order valence-corrected chi connectivity index (χ4v) is 3.85. The van der Waals surface area contributed by atoms with E-state index in [2.05, 4.69) is 45.0 Å². The van der Waals surface area contributed by atoms with Crippen molar-refractivity contribution < 1.29 is 23.8 Å². The van der Waals surface area contributed by atoms with Gasteiger partial charge < -0.3 is 19.1 Å². The summed E-state index contributed by atoms with van der Waals surface area (Å²) in [7, 11) is 1.35. The lowest BCUT2D eigenvalue weighted by molar-refractivity contribution is -0.133. The number of nitrogens with zero attached hydrogens (tertiary/aromatic N) is 1. The van der Waals surface area contributed by atoms with E-state index in [1.165, 1.54) is 12.7 Å². The molecule has 0 aliphatic rings. The molecular formula is C31H37NO5. The molecule has 0 aliphatic heterocycles. The minimum Gasteiger partial charge on any atom is -0.492 e. The molecule has 0 aliphatic carbocycles. The summed E-state index contributed by atoms with van der Waals surface area (Å²) in [5.41, 5.74) is 3.94. The van der Waals surface area contributed by atoms with Gasteiger partial charge in [0.05, 0.1) is 13.7 Å². The molecule has 0 saturated heterocycles. The molecule has 3 rings (SSSR count). The summed E-state index contributed by atoms with van der Waals surface area (Å²) >= 11 is 0. The highest BCUT2D eigenvalue weighted by atomic mass is 16.5. The van der Waals surface area contributed by atoms with E-state index in [0.717, 1.165) is 11.1 Å². The zero-order valence-electron chi connectivity index (χ0n) is 22.5. The Morgan fingerprint density at radius 3 is 2.11 bits per heavy atom. The lowest BCUT2D eigenvalue weighted by Crippen LogP contribution is -2.34. The van der Waals surface area contributed by atoms with Gasteiger partial charge in [-0.1, -0.05) is 69.3 Å². The first kappa shape index (κ1) is 27.8. The van der Waals surface area contributed by atoms with Crippen LogP contribution in [0.3, 0.4) is 0 Å². The van der Waals surface area contributed by atoms with Gasteiger partial charge in [-0.3, -0.25) is 4.79 Å². The van der Waals surface area contributed by atoms with Crippen molar-refractivity contribution in [2.45, 2.75) is 46.1 Å². The predicted molar refractivity (Wildman–Crippen MR) is 145 cm³/mol. The first-order valence-corrected chi connectivity index (χ1v) is 12.6. The summed E-state index contributed by atoms with van der Waals surface area (Å²) in [6.45, 7) is 10.1. The minimum atomic E-state index is -0.424. The molecule has 1 amide bonds. The number of hydrogen-bond acceptors (Lipinski definition) is 5. The van der Waals surface area contributed by atoms with Crippen LogP contribution in [0.4, 0.5) is 0 Å². The van der Waals surface area contributed by atoms with Crippen LogP contribution in [0, 0.1) is 0 Å². The first-order chi connectivity index (χ1) is 17.7. The van der Waals surface area contributed by atoms with Crippen LogP contribution in [-0.4, -0.2) is 43.6 Å². The molecule has 6 nitrogen and oxygen atoms in total. The summed E-state index contributed by atoms with van der Waals surface area (Å²) in [5, 5.41) is 0. The maximum Gasteiger partial charge on any atom is 0.341 e. The maximum atomic E-state index is 12.8. The molecule has 0 heterocycles. The highest BCUT2D eigenvalue weighted by Crippen LogP contribution is 2.23. The van der Waals surface area contributed by atoms with E-state index >= 15 is 0 Å². The lowest BCUT2D eigenvalue weighted by Gasteiger charge is -2.23. The van der Waals surface area contributed by atoms with Crippen molar-refractivity contribution in [2.75, 3.05) is 26.9 Å². The number of rotatable bonds is 11. The summed E-state index contributed by atoms with van der Waals surface area (Å²) in [6, 6.07) is 23.1. The smallest absolute Gasteiger partial charge is 0.341 e. The number of benzene rings is 3.